The van der Waals surface area contributed by atoms with Gasteiger partial charge in [0, 0.05) is 5.25 Å². The molecule has 6 heteroatoms. The van der Waals surface area contributed by atoms with E-state index in [2.05, 4.69) is 40.7 Å². The van der Waals surface area contributed by atoms with E-state index in [0.29, 0.717) is 5.03 Å². The van der Waals surface area contributed by atoms with Crippen LogP contribution in [-0.4, -0.2) is 20.7 Å². The number of hydrogen-bond acceptors (Lipinski definition) is 6. The molecule has 1 aliphatic carbocycles. The quantitative estimate of drug-likeness (QED) is 0.615. The van der Waals surface area contributed by atoms with Crippen molar-refractivity contribution in [3.63, 3.8) is 0 Å². The summed E-state index contributed by atoms with van der Waals surface area (Å²) in [4.78, 5) is 0. The van der Waals surface area contributed by atoms with E-state index in [-0.39, 0.29) is 6.15 Å². The first-order valence-electron chi connectivity index (χ1n) is 4.80. The average molecular weight is 246 g/mol. The minimum absolute atomic E-state index is 0. The van der Waals surface area contributed by atoms with Gasteiger partial charge in [-0.2, -0.15) is 12.6 Å². The molecule has 0 unspecified atom stereocenters. The normalized spacial score (nSPS) is 15.9. The third-order valence-electron chi connectivity index (χ3n) is 2.06. The van der Waals surface area contributed by atoms with Crippen LogP contribution in [0.3, 0.4) is 0 Å². The van der Waals surface area contributed by atoms with Crippen LogP contribution in [-0.2, 0) is 0 Å². The zero-order valence-corrected chi connectivity index (χ0v) is 10.5. The van der Waals surface area contributed by atoms with E-state index in [0.717, 1.165) is 5.25 Å². The van der Waals surface area contributed by atoms with Crippen LogP contribution in [0.2, 0.25) is 0 Å². The molecule has 0 saturated heterocycles. The van der Waals surface area contributed by atoms with Gasteiger partial charge in [0.15, 0.2) is 0 Å². The zero-order valence-electron chi connectivity index (χ0n) is 8.71. The highest BCUT2D eigenvalue weighted by atomic mass is 32.1. The molecule has 0 aliphatic heterocycles. The maximum atomic E-state index is 4.36. The highest BCUT2D eigenvalue weighted by Crippen LogP contribution is 2.21. The summed E-state index contributed by atoms with van der Waals surface area (Å²) in [5.74, 6) is 0. The molecular weight excluding hydrogens is 228 g/mol. The lowest BCUT2D eigenvalue weighted by Crippen LogP contribution is -2.03. The summed E-state index contributed by atoms with van der Waals surface area (Å²) in [5.41, 5.74) is 0. The Hall–Kier alpha value is -0.330. The summed E-state index contributed by atoms with van der Waals surface area (Å²) in [6, 6.07) is 1.66. The van der Waals surface area contributed by atoms with E-state index in [4.69, 9.17) is 0 Å². The molecule has 0 amide bonds. The Balaban J connectivity index is 0.000000245. The maximum absolute atomic E-state index is 4.36. The van der Waals surface area contributed by atoms with Crippen LogP contribution >= 0.6 is 25.3 Å². The van der Waals surface area contributed by atoms with Crippen LogP contribution in [0, 0.1) is 0 Å². The van der Waals surface area contributed by atoms with Gasteiger partial charge in [-0.05, 0) is 24.1 Å². The van der Waals surface area contributed by atoms with Crippen molar-refractivity contribution in [3.05, 3.63) is 12.3 Å². The molecule has 1 aliphatic rings. The lowest BCUT2D eigenvalue weighted by Gasteiger charge is -2.14. The summed E-state index contributed by atoms with van der Waals surface area (Å²) in [5, 5.41) is 11.5. The van der Waals surface area contributed by atoms with Crippen molar-refractivity contribution in [3.8, 4) is 0 Å². The Labute approximate surface area is 102 Å². The number of nitrogens with zero attached hydrogens (tertiary/aromatic N) is 3. The number of aromatic nitrogens is 3. The maximum Gasteiger partial charge on any atom is 0.119 e. The fourth-order valence-corrected chi connectivity index (χ4v) is 1.79. The third-order valence-corrected chi connectivity index (χ3v) is 2.82. The smallest absolute Gasteiger partial charge is 0.119 e. The third kappa shape index (κ3) is 7.58. The Kier molecular flexibility index (Phi) is 8.74. The van der Waals surface area contributed by atoms with E-state index < -0.39 is 0 Å². The van der Waals surface area contributed by atoms with Crippen LogP contribution in [0.4, 0.5) is 0 Å². The van der Waals surface area contributed by atoms with Gasteiger partial charge < -0.3 is 6.15 Å². The Bertz CT molecular complexity index is 239. The van der Waals surface area contributed by atoms with Crippen molar-refractivity contribution >= 4 is 25.3 Å². The lowest BCUT2D eigenvalue weighted by atomic mass is 10.0. The second kappa shape index (κ2) is 8.94. The SMILES string of the molecule is N.SC1CCCCC1.Sc1ccnnn1. The molecule has 86 valence electrons. The average Bonchev–Trinajstić information content (AvgIpc) is 2.21. The minimum atomic E-state index is 0. The Morgan fingerprint density at radius 2 is 1.87 bits per heavy atom. The summed E-state index contributed by atoms with van der Waals surface area (Å²) >= 11 is 8.23. The summed E-state index contributed by atoms with van der Waals surface area (Å²) in [6.45, 7) is 0. The first-order chi connectivity index (χ1) is 6.79. The number of rotatable bonds is 0. The molecule has 0 bridgehead atoms. The molecule has 1 aromatic rings. The summed E-state index contributed by atoms with van der Waals surface area (Å²) in [6.07, 6.45) is 8.50. The Morgan fingerprint density at radius 3 is 2.13 bits per heavy atom. The summed E-state index contributed by atoms with van der Waals surface area (Å²) < 4.78 is 0. The van der Waals surface area contributed by atoms with E-state index in [1.165, 1.54) is 38.3 Å². The van der Waals surface area contributed by atoms with Crippen LogP contribution < -0.4 is 6.15 Å². The number of thiol groups is 2. The fourth-order valence-electron chi connectivity index (χ4n) is 1.32. The molecule has 1 heterocycles. The standard InChI is InChI=1S/C6H12S.C3H3N3S.H3N/c7-6-4-2-1-3-5-6;7-3-1-2-4-6-5-3;/h6-7H,1-5H2;1-2H,(H,4,5,7);1H3. The number of hydrogen-bond donors (Lipinski definition) is 3. The molecule has 0 aromatic carbocycles. The van der Waals surface area contributed by atoms with Gasteiger partial charge in [0.05, 0.1) is 6.20 Å². The van der Waals surface area contributed by atoms with Crippen molar-refractivity contribution in [2.75, 3.05) is 0 Å². The molecule has 0 atom stereocenters. The van der Waals surface area contributed by atoms with E-state index in [1.54, 1.807) is 6.07 Å². The van der Waals surface area contributed by atoms with Crippen LogP contribution in [0.1, 0.15) is 32.1 Å². The molecule has 2 rings (SSSR count). The van der Waals surface area contributed by atoms with Gasteiger partial charge in [-0.15, -0.1) is 22.8 Å². The van der Waals surface area contributed by atoms with Crippen molar-refractivity contribution < 1.29 is 0 Å². The predicted molar refractivity (Wildman–Crippen MR) is 68.0 cm³/mol. The van der Waals surface area contributed by atoms with Gasteiger partial charge in [0.1, 0.15) is 5.03 Å². The van der Waals surface area contributed by atoms with Crippen LogP contribution in [0.5, 0.6) is 0 Å². The zero-order chi connectivity index (χ0) is 10.2. The van der Waals surface area contributed by atoms with Crippen molar-refractivity contribution in [1.82, 2.24) is 21.6 Å². The largest absolute Gasteiger partial charge is 0.344 e. The highest BCUT2D eigenvalue weighted by molar-refractivity contribution is 7.81. The van der Waals surface area contributed by atoms with Crippen molar-refractivity contribution in [2.24, 2.45) is 0 Å². The molecule has 1 saturated carbocycles. The van der Waals surface area contributed by atoms with Crippen LogP contribution in [0.25, 0.3) is 0 Å². The summed E-state index contributed by atoms with van der Waals surface area (Å²) in [7, 11) is 0. The monoisotopic (exact) mass is 246 g/mol. The molecule has 0 radical (unpaired) electrons. The Morgan fingerprint density at radius 1 is 1.20 bits per heavy atom. The molecule has 1 fully saturated rings. The second-order valence-electron chi connectivity index (χ2n) is 3.27. The van der Waals surface area contributed by atoms with Crippen LogP contribution in [0.15, 0.2) is 17.3 Å². The van der Waals surface area contributed by atoms with Gasteiger partial charge in [-0.25, -0.2) is 0 Å². The molecule has 3 N–H and O–H groups in total. The molecule has 0 spiro atoms. The molecule has 15 heavy (non-hydrogen) atoms. The van der Waals surface area contributed by atoms with Crippen molar-refractivity contribution in [2.45, 2.75) is 42.4 Å². The second-order valence-corrected chi connectivity index (χ2v) is 4.46. The topological polar surface area (TPSA) is 73.7 Å². The van der Waals surface area contributed by atoms with Gasteiger partial charge in [-0.1, -0.05) is 19.3 Å². The van der Waals surface area contributed by atoms with E-state index >= 15 is 0 Å². The minimum Gasteiger partial charge on any atom is -0.344 e. The predicted octanol–water partition coefficient (Wildman–Crippen LogP) is 2.57. The van der Waals surface area contributed by atoms with Gasteiger partial charge in [-0.3, -0.25) is 0 Å². The van der Waals surface area contributed by atoms with E-state index in [1.807, 2.05) is 0 Å². The van der Waals surface area contributed by atoms with Gasteiger partial charge >= 0.3 is 0 Å². The van der Waals surface area contributed by atoms with Gasteiger partial charge in [0.2, 0.25) is 0 Å². The first kappa shape index (κ1) is 14.7. The fraction of sp³-hybridized carbons (Fsp3) is 0.667. The molecule has 1 aromatic heterocycles. The van der Waals surface area contributed by atoms with E-state index in [9.17, 15) is 0 Å². The van der Waals surface area contributed by atoms with Crippen molar-refractivity contribution in [1.29, 1.82) is 0 Å². The first-order valence-corrected chi connectivity index (χ1v) is 5.77. The molecule has 4 nitrogen and oxygen atoms in total. The van der Waals surface area contributed by atoms with Gasteiger partial charge in [0.25, 0.3) is 0 Å². The lowest BCUT2D eigenvalue weighted by molar-refractivity contribution is 0.518. The molecular formula is C9H18N4S2. The highest BCUT2D eigenvalue weighted by Gasteiger charge is 2.06.